The van der Waals surface area contributed by atoms with Gasteiger partial charge in [0.05, 0.1) is 12.5 Å². The summed E-state index contributed by atoms with van der Waals surface area (Å²) in [5, 5.41) is 2.91. The molecule has 164 valence electrons. The van der Waals surface area contributed by atoms with Crippen LogP contribution in [0.2, 0.25) is 0 Å². The van der Waals surface area contributed by atoms with Gasteiger partial charge in [0.2, 0.25) is 0 Å². The molecule has 0 bridgehead atoms. The van der Waals surface area contributed by atoms with E-state index in [1.54, 1.807) is 24.3 Å². The topological polar surface area (TPSA) is 75.7 Å². The van der Waals surface area contributed by atoms with Gasteiger partial charge in [-0.15, -0.1) is 0 Å². The Morgan fingerprint density at radius 1 is 0.968 bits per heavy atom. The van der Waals surface area contributed by atoms with Crippen LogP contribution < -0.4 is 5.32 Å². The summed E-state index contributed by atoms with van der Waals surface area (Å²) in [5.41, 5.74) is 1.31. The van der Waals surface area contributed by atoms with E-state index < -0.39 is 12.0 Å². The van der Waals surface area contributed by atoms with E-state index in [0.29, 0.717) is 5.56 Å². The number of amides is 2. The maximum atomic E-state index is 12.6. The van der Waals surface area contributed by atoms with Gasteiger partial charge >= 0.3 is 5.97 Å². The number of nitrogens with one attached hydrogen (secondary N) is 1. The number of piperidine rings is 1. The van der Waals surface area contributed by atoms with Crippen LogP contribution in [0.1, 0.15) is 61.5 Å². The van der Waals surface area contributed by atoms with Crippen LogP contribution >= 0.6 is 0 Å². The van der Waals surface area contributed by atoms with Gasteiger partial charge in [-0.05, 0) is 50.8 Å². The summed E-state index contributed by atoms with van der Waals surface area (Å²) in [5.74, 6) is -0.959. The minimum Gasteiger partial charge on any atom is -0.455 e. The number of hydrogen-bond acceptors (Lipinski definition) is 4. The monoisotopic (exact) mass is 422 g/mol. The number of ether oxygens (including phenoxy) is 1. The summed E-state index contributed by atoms with van der Waals surface area (Å²) in [6.45, 7) is 3.78. The Kier molecular flexibility index (Phi) is 7.82. The van der Waals surface area contributed by atoms with E-state index in [4.69, 9.17) is 4.74 Å². The van der Waals surface area contributed by atoms with E-state index in [2.05, 4.69) is 5.32 Å². The Labute approximate surface area is 183 Å². The van der Waals surface area contributed by atoms with Crippen LogP contribution in [-0.4, -0.2) is 41.4 Å². The molecule has 1 aliphatic rings. The number of benzene rings is 2. The number of carbonyl (C=O) groups excluding carboxylic acids is 3. The number of carbonyl (C=O) groups is 3. The summed E-state index contributed by atoms with van der Waals surface area (Å²) >= 11 is 0. The highest BCUT2D eigenvalue weighted by atomic mass is 16.5. The molecule has 31 heavy (non-hydrogen) atoms. The van der Waals surface area contributed by atoms with E-state index in [1.807, 2.05) is 55.1 Å². The van der Waals surface area contributed by atoms with Crippen LogP contribution in [0.5, 0.6) is 0 Å². The summed E-state index contributed by atoms with van der Waals surface area (Å²) < 4.78 is 5.31. The Bertz CT molecular complexity index is 875. The molecule has 1 heterocycles. The van der Waals surface area contributed by atoms with Crippen LogP contribution in [0.3, 0.4) is 0 Å². The van der Waals surface area contributed by atoms with Crippen molar-refractivity contribution in [3.8, 4) is 0 Å². The lowest BCUT2D eigenvalue weighted by atomic mass is 9.97. The maximum Gasteiger partial charge on any atom is 0.308 e. The molecule has 1 saturated heterocycles. The first kappa shape index (κ1) is 22.5. The number of likely N-dealkylation sites (tertiary alicyclic amines) is 1. The first-order valence-electron chi connectivity index (χ1n) is 10.8. The van der Waals surface area contributed by atoms with Crippen molar-refractivity contribution in [2.75, 3.05) is 6.61 Å². The Morgan fingerprint density at radius 2 is 1.55 bits per heavy atom. The summed E-state index contributed by atoms with van der Waals surface area (Å²) in [6, 6.07) is 17.9. The predicted octanol–water partition coefficient (Wildman–Crippen LogP) is 3.88. The van der Waals surface area contributed by atoms with E-state index in [9.17, 15) is 14.4 Å². The quantitative estimate of drug-likeness (QED) is 0.687. The minimum atomic E-state index is -0.552. The molecule has 2 aromatic carbocycles. The van der Waals surface area contributed by atoms with Crippen LogP contribution in [0.25, 0.3) is 0 Å². The molecule has 0 aromatic heterocycles. The third-order valence-corrected chi connectivity index (χ3v) is 5.75. The van der Waals surface area contributed by atoms with Gasteiger partial charge in [-0.3, -0.25) is 14.4 Å². The molecular formula is C25H30N2O4. The molecule has 2 aromatic rings. The van der Waals surface area contributed by atoms with E-state index >= 15 is 0 Å². The highest BCUT2D eigenvalue weighted by Crippen LogP contribution is 2.23. The number of nitrogens with zero attached hydrogens (tertiary/aromatic N) is 1. The van der Waals surface area contributed by atoms with Gasteiger partial charge < -0.3 is 15.0 Å². The second-order valence-electron chi connectivity index (χ2n) is 8.10. The maximum absolute atomic E-state index is 12.6. The van der Waals surface area contributed by atoms with Crippen LogP contribution in [0.15, 0.2) is 60.7 Å². The highest BCUT2D eigenvalue weighted by Gasteiger charge is 2.29. The lowest BCUT2D eigenvalue weighted by Gasteiger charge is -2.38. The van der Waals surface area contributed by atoms with E-state index in [1.165, 1.54) is 0 Å². The highest BCUT2D eigenvalue weighted by molar-refractivity contribution is 5.94. The fourth-order valence-electron chi connectivity index (χ4n) is 4.12. The zero-order valence-corrected chi connectivity index (χ0v) is 18.1. The molecule has 0 unspecified atom stereocenters. The lowest BCUT2D eigenvalue weighted by molar-refractivity contribution is -0.155. The molecule has 0 aliphatic carbocycles. The van der Waals surface area contributed by atoms with Crippen molar-refractivity contribution in [2.45, 2.75) is 57.7 Å². The molecule has 1 fully saturated rings. The zero-order chi connectivity index (χ0) is 22.2. The average Bonchev–Trinajstić information content (AvgIpc) is 2.78. The molecule has 1 N–H and O–H groups in total. The average molecular weight is 423 g/mol. The SMILES string of the molecule is C[C@H]1CCC[C@H](C)N1C(=O)COC(=O)C[C@@H](NC(=O)c1ccccc1)c1ccccc1. The Morgan fingerprint density at radius 3 is 2.16 bits per heavy atom. The normalized spacial score (nSPS) is 19.4. The van der Waals surface area contributed by atoms with Crippen molar-refractivity contribution in [1.29, 1.82) is 0 Å². The smallest absolute Gasteiger partial charge is 0.308 e. The van der Waals surface area contributed by atoms with E-state index in [0.717, 1.165) is 24.8 Å². The fourth-order valence-corrected chi connectivity index (χ4v) is 4.12. The summed E-state index contributed by atoms with van der Waals surface area (Å²) in [4.78, 5) is 39.6. The van der Waals surface area contributed by atoms with Crippen LogP contribution in [0, 0.1) is 0 Å². The van der Waals surface area contributed by atoms with Crippen molar-refractivity contribution < 1.29 is 19.1 Å². The molecule has 1 aliphatic heterocycles. The lowest BCUT2D eigenvalue weighted by Crippen LogP contribution is -2.49. The van der Waals surface area contributed by atoms with Gasteiger partial charge in [0.25, 0.3) is 11.8 Å². The van der Waals surface area contributed by atoms with Crippen LogP contribution in [0.4, 0.5) is 0 Å². The Hall–Kier alpha value is -3.15. The Balaban J connectivity index is 1.62. The number of esters is 1. The second kappa shape index (κ2) is 10.8. The van der Waals surface area contributed by atoms with Gasteiger partial charge in [-0.2, -0.15) is 0 Å². The van der Waals surface area contributed by atoms with Gasteiger partial charge in [0.15, 0.2) is 6.61 Å². The van der Waals surface area contributed by atoms with Crippen molar-refractivity contribution in [2.24, 2.45) is 0 Å². The van der Waals surface area contributed by atoms with Gasteiger partial charge in [0, 0.05) is 17.6 Å². The largest absolute Gasteiger partial charge is 0.455 e. The molecule has 6 heteroatoms. The molecule has 2 amide bonds. The zero-order valence-electron chi connectivity index (χ0n) is 18.1. The van der Waals surface area contributed by atoms with Crippen molar-refractivity contribution in [1.82, 2.24) is 10.2 Å². The van der Waals surface area contributed by atoms with E-state index in [-0.39, 0.29) is 36.9 Å². The van der Waals surface area contributed by atoms with Crippen molar-refractivity contribution in [3.05, 3.63) is 71.8 Å². The summed E-state index contributed by atoms with van der Waals surface area (Å²) in [7, 11) is 0. The van der Waals surface area contributed by atoms with Gasteiger partial charge in [-0.1, -0.05) is 48.5 Å². The number of hydrogen-bond donors (Lipinski definition) is 1. The van der Waals surface area contributed by atoms with Gasteiger partial charge in [0.1, 0.15) is 0 Å². The number of rotatable bonds is 7. The predicted molar refractivity (Wildman–Crippen MR) is 118 cm³/mol. The molecule has 0 radical (unpaired) electrons. The minimum absolute atomic E-state index is 0.0546. The first-order chi connectivity index (χ1) is 15.0. The molecule has 0 saturated carbocycles. The molecule has 0 spiro atoms. The van der Waals surface area contributed by atoms with Crippen molar-refractivity contribution >= 4 is 17.8 Å². The van der Waals surface area contributed by atoms with Crippen LogP contribution in [-0.2, 0) is 14.3 Å². The first-order valence-corrected chi connectivity index (χ1v) is 10.8. The second-order valence-corrected chi connectivity index (χ2v) is 8.10. The molecule has 3 rings (SSSR count). The fraction of sp³-hybridized carbons (Fsp3) is 0.400. The molecular weight excluding hydrogens is 392 g/mol. The third-order valence-electron chi connectivity index (χ3n) is 5.75. The molecule has 6 nitrogen and oxygen atoms in total. The van der Waals surface area contributed by atoms with Crippen molar-refractivity contribution in [3.63, 3.8) is 0 Å². The summed E-state index contributed by atoms with van der Waals surface area (Å²) in [6.07, 6.45) is 2.98. The van der Waals surface area contributed by atoms with Gasteiger partial charge in [-0.25, -0.2) is 0 Å². The molecule has 3 atom stereocenters. The standard InChI is InChI=1S/C25H30N2O4/c1-18-10-9-11-19(2)27(18)23(28)17-31-24(29)16-22(20-12-5-3-6-13-20)26-25(30)21-14-7-4-8-15-21/h3-8,12-15,18-19,22H,9-11,16-17H2,1-2H3,(H,26,30)/t18-,19-,22+/m0/s1. The third kappa shape index (κ3) is 6.17.